The van der Waals surface area contributed by atoms with Gasteiger partial charge in [0.1, 0.15) is 25.3 Å². The minimum Gasteiger partial charge on any atom is -0.320 e. The molecule has 74 valence electrons. The van der Waals surface area contributed by atoms with E-state index in [9.17, 15) is 0 Å². The molecular formula is C8H12N6. The Hall–Kier alpha value is -1.72. The van der Waals surface area contributed by atoms with Crippen LogP contribution in [0.25, 0.3) is 0 Å². The van der Waals surface area contributed by atoms with Crippen molar-refractivity contribution in [2.75, 3.05) is 0 Å². The maximum Gasteiger partial charge on any atom is 0.119 e. The fourth-order valence-corrected chi connectivity index (χ4v) is 1.26. The number of aryl methyl sites for hydroxylation is 2. The summed E-state index contributed by atoms with van der Waals surface area (Å²) in [5, 5.41) is 15.0. The Morgan fingerprint density at radius 3 is 1.36 bits per heavy atom. The first-order valence-electron chi connectivity index (χ1n) is 4.60. The molecule has 0 unspecified atom stereocenters. The summed E-state index contributed by atoms with van der Waals surface area (Å²) in [7, 11) is 0. The van der Waals surface area contributed by atoms with E-state index in [2.05, 4.69) is 20.4 Å². The second-order valence-corrected chi connectivity index (χ2v) is 3.11. The maximum absolute atomic E-state index is 3.74. The van der Waals surface area contributed by atoms with E-state index in [-0.39, 0.29) is 0 Å². The van der Waals surface area contributed by atoms with Crippen molar-refractivity contribution in [2.45, 2.75) is 25.9 Å². The molecule has 0 aliphatic carbocycles. The lowest BCUT2D eigenvalue weighted by atomic mass is 10.3. The van der Waals surface area contributed by atoms with E-state index in [1.165, 1.54) is 0 Å². The highest BCUT2D eigenvalue weighted by atomic mass is 15.2. The van der Waals surface area contributed by atoms with Crippen LogP contribution in [0.4, 0.5) is 0 Å². The Morgan fingerprint density at radius 1 is 0.643 bits per heavy atom. The van der Waals surface area contributed by atoms with Crippen molar-refractivity contribution in [1.29, 1.82) is 0 Å². The molecule has 0 aliphatic rings. The minimum absolute atomic E-state index is 0.967. The molecule has 0 saturated heterocycles. The van der Waals surface area contributed by atoms with Gasteiger partial charge in [-0.05, 0) is 12.8 Å². The quantitative estimate of drug-likeness (QED) is 0.641. The summed E-state index contributed by atoms with van der Waals surface area (Å²) in [6.07, 6.45) is 9.15. The molecule has 0 aliphatic heterocycles. The van der Waals surface area contributed by atoms with Gasteiger partial charge < -0.3 is 9.13 Å². The molecule has 2 rings (SSSR count). The summed E-state index contributed by atoms with van der Waals surface area (Å²) in [5.74, 6) is 0. The maximum atomic E-state index is 3.74. The summed E-state index contributed by atoms with van der Waals surface area (Å²) < 4.78 is 3.96. The van der Waals surface area contributed by atoms with Gasteiger partial charge in [0.25, 0.3) is 0 Å². The van der Waals surface area contributed by atoms with E-state index in [4.69, 9.17) is 0 Å². The van der Waals surface area contributed by atoms with Gasteiger partial charge in [0, 0.05) is 13.1 Å². The third-order valence-electron chi connectivity index (χ3n) is 2.02. The lowest BCUT2D eigenvalue weighted by molar-refractivity contribution is 0.551. The van der Waals surface area contributed by atoms with E-state index < -0.39 is 0 Å². The van der Waals surface area contributed by atoms with Crippen molar-refractivity contribution in [3.05, 3.63) is 25.3 Å². The van der Waals surface area contributed by atoms with Gasteiger partial charge in [-0.2, -0.15) is 0 Å². The largest absolute Gasteiger partial charge is 0.320 e. The van der Waals surface area contributed by atoms with Crippen molar-refractivity contribution >= 4 is 0 Å². The summed E-state index contributed by atoms with van der Waals surface area (Å²) in [6, 6.07) is 0. The summed E-state index contributed by atoms with van der Waals surface area (Å²) in [4.78, 5) is 0. The summed E-state index contributed by atoms with van der Waals surface area (Å²) in [6.45, 7) is 1.93. The summed E-state index contributed by atoms with van der Waals surface area (Å²) >= 11 is 0. The molecule has 2 aromatic rings. The first-order valence-corrected chi connectivity index (χ1v) is 4.60. The first kappa shape index (κ1) is 8.86. The Morgan fingerprint density at radius 2 is 1.00 bits per heavy atom. The second-order valence-electron chi connectivity index (χ2n) is 3.11. The molecule has 0 atom stereocenters. The predicted molar refractivity (Wildman–Crippen MR) is 49.3 cm³/mol. The van der Waals surface area contributed by atoms with Crippen molar-refractivity contribution in [1.82, 2.24) is 29.5 Å². The van der Waals surface area contributed by atoms with Crippen LogP contribution in [-0.2, 0) is 13.1 Å². The third kappa shape index (κ3) is 2.38. The van der Waals surface area contributed by atoms with Gasteiger partial charge in [0.05, 0.1) is 0 Å². The fourth-order valence-electron chi connectivity index (χ4n) is 1.26. The highest BCUT2D eigenvalue weighted by Crippen LogP contribution is 1.96. The number of rotatable bonds is 5. The second kappa shape index (κ2) is 4.50. The van der Waals surface area contributed by atoms with Crippen LogP contribution in [-0.4, -0.2) is 29.5 Å². The zero-order chi connectivity index (χ0) is 9.64. The Labute approximate surface area is 81.6 Å². The van der Waals surface area contributed by atoms with E-state index in [0.717, 1.165) is 25.9 Å². The van der Waals surface area contributed by atoms with Crippen LogP contribution in [0.2, 0.25) is 0 Å². The van der Waals surface area contributed by atoms with Crippen molar-refractivity contribution < 1.29 is 0 Å². The molecule has 6 heteroatoms. The van der Waals surface area contributed by atoms with Crippen molar-refractivity contribution in [3.8, 4) is 0 Å². The zero-order valence-electron chi connectivity index (χ0n) is 7.82. The highest BCUT2D eigenvalue weighted by Gasteiger charge is 1.93. The molecule has 0 aromatic carbocycles. The van der Waals surface area contributed by atoms with Crippen LogP contribution >= 0.6 is 0 Å². The molecule has 0 saturated carbocycles. The molecule has 2 heterocycles. The van der Waals surface area contributed by atoms with Gasteiger partial charge in [-0.25, -0.2) is 0 Å². The third-order valence-corrected chi connectivity index (χ3v) is 2.02. The lowest BCUT2D eigenvalue weighted by Gasteiger charge is -2.01. The molecule has 0 radical (unpaired) electrons. The Bertz CT molecular complexity index is 302. The Kier molecular flexibility index (Phi) is 2.85. The number of unbranched alkanes of at least 4 members (excludes halogenated alkanes) is 1. The van der Waals surface area contributed by atoms with Gasteiger partial charge in [-0.15, -0.1) is 20.4 Å². The van der Waals surface area contributed by atoms with Gasteiger partial charge in [0.15, 0.2) is 0 Å². The van der Waals surface area contributed by atoms with Gasteiger partial charge in [-0.1, -0.05) is 0 Å². The average molecular weight is 192 g/mol. The van der Waals surface area contributed by atoms with E-state index >= 15 is 0 Å². The molecule has 6 nitrogen and oxygen atoms in total. The molecule has 0 amide bonds. The molecule has 0 spiro atoms. The SMILES string of the molecule is c1nncn1CCCCn1cnnc1. The van der Waals surface area contributed by atoms with Gasteiger partial charge in [0.2, 0.25) is 0 Å². The smallest absolute Gasteiger partial charge is 0.119 e. The number of hydrogen-bond acceptors (Lipinski definition) is 4. The average Bonchev–Trinajstić information content (AvgIpc) is 2.86. The summed E-state index contributed by atoms with van der Waals surface area (Å²) in [5.41, 5.74) is 0. The fraction of sp³-hybridized carbons (Fsp3) is 0.500. The van der Waals surface area contributed by atoms with Crippen LogP contribution in [0.3, 0.4) is 0 Å². The van der Waals surface area contributed by atoms with Crippen LogP contribution in [0.1, 0.15) is 12.8 Å². The van der Waals surface area contributed by atoms with Crippen molar-refractivity contribution in [3.63, 3.8) is 0 Å². The normalized spacial score (nSPS) is 10.6. The first-order chi connectivity index (χ1) is 6.95. The highest BCUT2D eigenvalue weighted by molar-refractivity contribution is 4.62. The van der Waals surface area contributed by atoms with E-state index in [0.29, 0.717) is 0 Å². The van der Waals surface area contributed by atoms with Crippen LogP contribution in [0.5, 0.6) is 0 Å². The molecule has 2 aromatic heterocycles. The van der Waals surface area contributed by atoms with Gasteiger partial charge >= 0.3 is 0 Å². The lowest BCUT2D eigenvalue weighted by Crippen LogP contribution is -1.99. The van der Waals surface area contributed by atoms with Crippen LogP contribution in [0.15, 0.2) is 25.3 Å². The predicted octanol–water partition coefficient (Wildman–Crippen LogP) is 0.350. The monoisotopic (exact) mass is 192 g/mol. The Balaban J connectivity index is 1.65. The standard InChI is InChI=1S/C8H12N6/c1(3-13-5-9-10-6-13)2-4-14-7-11-12-8-14/h5-8H,1-4H2. The molecule has 0 bridgehead atoms. The minimum atomic E-state index is 0.967. The van der Waals surface area contributed by atoms with Crippen LogP contribution in [0, 0.1) is 0 Å². The van der Waals surface area contributed by atoms with Gasteiger partial charge in [-0.3, -0.25) is 0 Å². The number of aromatic nitrogens is 6. The molecule has 0 fully saturated rings. The topological polar surface area (TPSA) is 61.4 Å². The van der Waals surface area contributed by atoms with Crippen molar-refractivity contribution in [2.24, 2.45) is 0 Å². The zero-order valence-corrected chi connectivity index (χ0v) is 7.82. The number of hydrogen-bond donors (Lipinski definition) is 0. The molecular weight excluding hydrogens is 180 g/mol. The van der Waals surface area contributed by atoms with E-state index in [1.54, 1.807) is 25.3 Å². The molecule has 14 heavy (non-hydrogen) atoms. The number of nitrogens with zero attached hydrogens (tertiary/aromatic N) is 6. The molecule has 0 N–H and O–H groups in total. The van der Waals surface area contributed by atoms with E-state index in [1.807, 2.05) is 9.13 Å². The van der Waals surface area contributed by atoms with Crippen LogP contribution < -0.4 is 0 Å².